The van der Waals surface area contributed by atoms with E-state index < -0.39 is 0 Å². The van der Waals surface area contributed by atoms with Gasteiger partial charge in [0, 0.05) is 12.2 Å². The van der Waals surface area contributed by atoms with Gasteiger partial charge in [-0.3, -0.25) is 4.79 Å². The number of para-hydroxylation sites is 1. The average Bonchev–Trinajstić information content (AvgIpc) is 3.37. The van der Waals surface area contributed by atoms with Crippen molar-refractivity contribution >= 4 is 34.9 Å². The van der Waals surface area contributed by atoms with E-state index in [1.165, 1.54) is 24.8 Å². The fourth-order valence-electron chi connectivity index (χ4n) is 4.58. The maximum Gasteiger partial charge on any atom is 0.235 e. The maximum atomic E-state index is 13.0. The van der Waals surface area contributed by atoms with E-state index in [1.807, 2.05) is 24.3 Å². The summed E-state index contributed by atoms with van der Waals surface area (Å²) in [5.41, 5.74) is 3.85. The van der Waals surface area contributed by atoms with Crippen molar-refractivity contribution < 1.29 is 9.53 Å². The lowest BCUT2D eigenvalue weighted by Crippen LogP contribution is -2.30. The van der Waals surface area contributed by atoms with Crippen molar-refractivity contribution in [2.45, 2.75) is 48.8 Å². The van der Waals surface area contributed by atoms with Crippen LogP contribution in [0.1, 0.15) is 44.1 Å². The van der Waals surface area contributed by atoms with Crippen LogP contribution in [0.2, 0.25) is 0 Å². The highest BCUT2D eigenvalue weighted by molar-refractivity contribution is 8.00. The molecule has 29 heavy (non-hydrogen) atoms. The third-order valence-electron chi connectivity index (χ3n) is 6.41. The number of hydrogen-bond acceptors (Lipinski definition) is 5. The predicted molar refractivity (Wildman–Crippen MR) is 119 cm³/mol. The van der Waals surface area contributed by atoms with E-state index in [0.29, 0.717) is 0 Å². The highest BCUT2D eigenvalue weighted by Crippen LogP contribution is 2.52. The number of ether oxygens (including phenoxy) is 1. The highest BCUT2D eigenvalue weighted by atomic mass is 32.2. The molecule has 0 atom stereocenters. The predicted octanol–water partition coefficient (Wildman–Crippen LogP) is 5.40. The Bertz CT molecular complexity index is 936. The molecule has 5 rings (SSSR count). The van der Waals surface area contributed by atoms with E-state index in [2.05, 4.69) is 27.5 Å². The van der Waals surface area contributed by atoms with Crippen molar-refractivity contribution in [3.05, 3.63) is 42.0 Å². The van der Waals surface area contributed by atoms with E-state index in [1.54, 1.807) is 7.11 Å². The van der Waals surface area contributed by atoms with Crippen LogP contribution in [-0.4, -0.2) is 19.6 Å². The molecule has 2 aliphatic carbocycles. The van der Waals surface area contributed by atoms with Crippen molar-refractivity contribution in [2.75, 3.05) is 29.0 Å². The molecule has 0 saturated heterocycles. The van der Waals surface area contributed by atoms with Crippen molar-refractivity contribution in [1.29, 1.82) is 0 Å². The fraction of sp³-hybridized carbons (Fsp3) is 0.435. The smallest absolute Gasteiger partial charge is 0.235 e. The maximum absolute atomic E-state index is 13.0. The van der Waals surface area contributed by atoms with Gasteiger partial charge in [0.25, 0.3) is 0 Å². The van der Waals surface area contributed by atoms with E-state index in [9.17, 15) is 4.79 Å². The van der Waals surface area contributed by atoms with Crippen LogP contribution in [0, 0.1) is 5.92 Å². The van der Waals surface area contributed by atoms with Gasteiger partial charge in [-0.2, -0.15) is 0 Å². The van der Waals surface area contributed by atoms with Gasteiger partial charge in [0.2, 0.25) is 5.91 Å². The van der Waals surface area contributed by atoms with E-state index in [-0.39, 0.29) is 11.3 Å². The van der Waals surface area contributed by atoms with Crippen LogP contribution in [0.25, 0.3) is 0 Å². The number of fused-ring (bicyclic) bond motifs is 2. The molecule has 6 heteroatoms. The number of hydrogen-bond donors (Lipinski definition) is 3. The average molecular weight is 410 g/mol. The Morgan fingerprint density at radius 2 is 2.00 bits per heavy atom. The Hall–Kier alpha value is -2.34. The van der Waals surface area contributed by atoms with Crippen LogP contribution >= 0.6 is 11.9 Å². The van der Waals surface area contributed by atoms with Gasteiger partial charge >= 0.3 is 0 Å². The van der Waals surface area contributed by atoms with Gasteiger partial charge in [0.05, 0.1) is 28.8 Å². The number of anilines is 3. The van der Waals surface area contributed by atoms with Gasteiger partial charge in [-0.05, 0) is 73.4 Å². The van der Waals surface area contributed by atoms with Crippen LogP contribution in [0.4, 0.5) is 17.1 Å². The number of benzene rings is 2. The molecule has 0 aromatic heterocycles. The Morgan fingerprint density at radius 3 is 2.76 bits per heavy atom. The highest BCUT2D eigenvalue weighted by Gasteiger charge is 2.49. The summed E-state index contributed by atoms with van der Waals surface area (Å²) in [4.78, 5) is 14.0. The number of nitrogens with one attached hydrogen (secondary N) is 3. The molecule has 2 saturated carbocycles. The molecular weight excluding hydrogens is 382 g/mol. The standard InChI is InChI=1S/C23H27N3O2S/c1-28-19-6-2-3-7-20(19)29-26-16-12-17-21(18(13-16)24-14-15-8-9-15)25-22(27)23(17)10-4-5-11-23/h2-3,6-7,12-13,15,24,26H,4-5,8-11,14H2,1H3,(H,25,27). The molecule has 5 nitrogen and oxygen atoms in total. The molecule has 1 aliphatic heterocycles. The molecule has 3 N–H and O–H groups in total. The monoisotopic (exact) mass is 409 g/mol. The zero-order valence-corrected chi connectivity index (χ0v) is 17.5. The normalized spacial score (nSPS) is 19.1. The van der Waals surface area contributed by atoms with Gasteiger partial charge in [0.15, 0.2) is 0 Å². The summed E-state index contributed by atoms with van der Waals surface area (Å²) in [6.07, 6.45) is 6.71. The summed E-state index contributed by atoms with van der Waals surface area (Å²) >= 11 is 1.54. The first kappa shape index (κ1) is 18.7. The molecule has 2 aromatic rings. The van der Waals surface area contributed by atoms with E-state index in [4.69, 9.17) is 4.74 Å². The minimum absolute atomic E-state index is 0.175. The SMILES string of the molecule is COc1ccccc1SNc1cc(NCC2CC2)c2c(c1)C1(CCCC1)C(=O)N2. The number of methoxy groups -OCH3 is 1. The number of carbonyl (C=O) groups is 1. The van der Waals surface area contributed by atoms with Gasteiger partial charge in [0.1, 0.15) is 5.75 Å². The molecule has 1 spiro atoms. The molecule has 152 valence electrons. The number of amides is 1. The molecular formula is C23H27N3O2S. The zero-order chi connectivity index (χ0) is 19.8. The van der Waals surface area contributed by atoms with E-state index >= 15 is 0 Å². The Morgan fingerprint density at radius 1 is 1.21 bits per heavy atom. The lowest BCUT2D eigenvalue weighted by atomic mass is 9.80. The summed E-state index contributed by atoms with van der Waals surface area (Å²) in [5.74, 6) is 1.79. The Balaban J connectivity index is 1.46. The van der Waals surface area contributed by atoms with Crippen LogP contribution in [-0.2, 0) is 10.2 Å². The molecule has 0 radical (unpaired) electrons. The second-order valence-corrected chi connectivity index (χ2v) is 9.22. The molecule has 1 amide bonds. The van der Waals surface area contributed by atoms with Crippen LogP contribution in [0.5, 0.6) is 5.75 Å². The topological polar surface area (TPSA) is 62.4 Å². The summed E-state index contributed by atoms with van der Waals surface area (Å²) < 4.78 is 8.95. The van der Waals surface area contributed by atoms with Gasteiger partial charge in [-0.25, -0.2) is 0 Å². The fourth-order valence-corrected chi connectivity index (χ4v) is 5.32. The number of rotatable bonds is 7. The molecule has 2 fully saturated rings. The minimum Gasteiger partial charge on any atom is -0.496 e. The van der Waals surface area contributed by atoms with Crippen LogP contribution < -0.4 is 20.1 Å². The molecule has 3 aliphatic rings. The molecule has 2 aromatic carbocycles. The van der Waals surface area contributed by atoms with Crippen molar-refractivity contribution in [1.82, 2.24) is 0 Å². The van der Waals surface area contributed by atoms with E-state index in [0.717, 1.165) is 71.4 Å². The first-order chi connectivity index (χ1) is 14.2. The Labute approximate surface area is 176 Å². The third kappa shape index (κ3) is 3.44. The van der Waals surface area contributed by atoms with Crippen molar-refractivity contribution in [3.8, 4) is 5.75 Å². The number of carbonyl (C=O) groups excluding carboxylic acids is 1. The van der Waals surface area contributed by atoms with Gasteiger partial charge < -0.3 is 20.1 Å². The summed E-state index contributed by atoms with van der Waals surface area (Å²) in [6.45, 7) is 0.971. The summed E-state index contributed by atoms with van der Waals surface area (Å²) in [7, 11) is 1.69. The van der Waals surface area contributed by atoms with Gasteiger partial charge in [-0.15, -0.1) is 0 Å². The van der Waals surface area contributed by atoms with Crippen LogP contribution in [0.15, 0.2) is 41.3 Å². The lowest BCUT2D eigenvalue weighted by molar-refractivity contribution is -0.120. The summed E-state index contributed by atoms with van der Waals surface area (Å²) in [5, 5.41) is 6.81. The van der Waals surface area contributed by atoms with Crippen LogP contribution in [0.3, 0.4) is 0 Å². The first-order valence-corrected chi connectivity index (χ1v) is 11.3. The second kappa shape index (κ2) is 7.48. The Kier molecular flexibility index (Phi) is 4.82. The minimum atomic E-state index is -0.349. The lowest BCUT2D eigenvalue weighted by Gasteiger charge is -2.22. The van der Waals surface area contributed by atoms with Gasteiger partial charge in [-0.1, -0.05) is 25.0 Å². The first-order valence-electron chi connectivity index (χ1n) is 10.5. The largest absolute Gasteiger partial charge is 0.496 e. The third-order valence-corrected chi connectivity index (χ3v) is 7.31. The molecule has 1 heterocycles. The summed E-state index contributed by atoms with van der Waals surface area (Å²) in [6, 6.07) is 12.3. The second-order valence-electron chi connectivity index (χ2n) is 8.37. The molecule has 0 bridgehead atoms. The van der Waals surface area contributed by atoms with Crippen molar-refractivity contribution in [3.63, 3.8) is 0 Å². The quantitative estimate of drug-likeness (QED) is 0.535. The van der Waals surface area contributed by atoms with Crippen molar-refractivity contribution in [2.24, 2.45) is 5.92 Å². The molecule has 0 unspecified atom stereocenters. The zero-order valence-electron chi connectivity index (χ0n) is 16.7.